The highest BCUT2D eigenvalue weighted by Crippen LogP contribution is 2.19. The molecule has 1 fully saturated rings. The summed E-state index contributed by atoms with van der Waals surface area (Å²) in [6, 6.07) is 7.23. The molecule has 0 radical (unpaired) electrons. The van der Waals surface area contributed by atoms with E-state index >= 15 is 0 Å². The van der Waals surface area contributed by atoms with Crippen LogP contribution in [0.4, 0.5) is 0 Å². The van der Waals surface area contributed by atoms with Gasteiger partial charge in [0.1, 0.15) is 0 Å². The van der Waals surface area contributed by atoms with Crippen molar-refractivity contribution in [2.45, 2.75) is 6.42 Å². The van der Waals surface area contributed by atoms with E-state index in [1.807, 2.05) is 18.2 Å². The summed E-state index contributed by atoms with van der Waals surface area (Å²) < 4.78 is 0. The molecular formula is C14H14ClNO3. The van der Waals surface area contributed by atoms with Crippen molar-refractivity contribution in [1.29, 1.82) is 0 Å². The van der Waals surface area contributed by atoms with Gasteiger partial charge in [-0.3, -0.25) is 9.59 Å². The highest BCUT2D eigenvalue weighted by Gasteiger charge is 2.29. The van der Waals surface area contributed by atoms with Crippen molar-refractivity contribution in [1.82, 2.24) is 4.90 Å². The standard InChI is InChI=1S/C14H14ClNO3/c15-12-4-2-1-3-10(12)5-6-13(17)16-8-7-11(9-16)14(18)19/h1-6,11H,7-9H2,(H,18,19). The van der Waals surface area contributed by atoms with Crippen molar-refractivity contribution in [3.8, 4) is 0 Å². The molecule has 1 aromatic carbocycles. The average molecular weight is 280 g/mol. The molecule has 1 saturated heterocycles. The summed E-state index contributed by atoms with van der Waals surface area (Å²) >= 11 is 5.98. The van der Waals surface area contributed by atoms with Gasteiger partial charge in [0.05, 0.1) is 5.92 Å². The smallest absolute Gasteiger partial charge is 0.308 e. The molecule has 1 aliphatic rings. The van der Waals surface area contributed by atoms with Crippen molar-refractivity contribution in [2.24, 2.45) is 5.92 Å². The predicted molar refractivity (Wildman–Crippen MR) is 72.8 cm³/mol. The molecular weight excluding hydrogens is 266 g/mol. The first-order chi connectivity index (χ1) is 9.08. The SMILES string of the molecule is O=C(O)C1CCN(C(=O)C=Cc2ccccc2Cl)C1. The molecule has 1 atom stereocenters. The molecule has 1 aromatic rings. The van der Waals surface area contributed by atoms with Crippen molar-refractivity contribution in [3.63, 3.8) is 0 Å². The predicted octanol–water partition coefficient (Wildman–Crippen LogP) is 2.29. The van der Waals surface area contributed by atoms with E-state index in [2.05, 4.69) is 0 Å². The number of halogens is 1. The number of carbonyl (C=O) groups is 2. The van der Waals surface area contributed by atoms with Crippen LogP contribution in [0.25, 0.3) is 6.08 Å². The van der Waals surface area contributed by atoms with Gasteiger partial charge in [0, 0.05) is 24.2 Å². The van der Waals surface area contributed by atoms with E-state index in [9.17, 15) is 9.59 Å². The Morgan fingerprint density at radius 3 is 2.74 bits per heavy atom. The summed E-state index contributed by atoms with van der Waals surface area (Å²) in [7, 11) is 0. The molecule has 1 heterocycles. The minimum absolute atomic E-state index is 0.177. The van der Waals surface area contributed by atoms with Crippen LogP contribution in [0.5, 0.6) is 0 Å². The monoisotopic (exact) mass is 279 g/mol. The number of amides is 1. The van der Waals surface area contributed by atoms with Crippen LogP contribution in [-0.2, 0) is 9.59 Å². The van der Waals surface area contributed by atoms with Gasteiger partial charge in [-0.1, -0.05) is 29.8 Å². The Balaban J connectivity index is 1.99. The van der Waals surface area contributed by atoms with Crippen LogP contribution in [-0.4, -0.2) is 35.0 Å². The van der Waals surface area contributed by atoms with Crippen LogP contribution < -0.4 is 0 Å². The van der Waals surface area contributed by atoms with Gasteiger partial charge >= 0.3 is 5.97 Å². The Hall–Kier alpha value is -1.81. The van der Waals surface area contributed by atoms with Gasteiger partial charge in [-0.2, -0.15) is 0 Å². The van der Waals surface area contributed by atoms with Crippen LogP contribution in [0, 0.1) is 5.92 Å². The second kappa shape index (κ2) is 5.89. The summed E-state index contributed by atoms with van der Waals surface area (Å²) in [5.41, 5.74) is 0.770. The molecule has 100 valence electrons. The van der Waals surface area contributed by atoms with Crippen molar-refractivity contribution in [2.75, 3.05) is 13.1 Å². The Morgan fingerprint density at radius 2 is 2.11 bits per heavy atom. The van der Waals surface area contributed by atoms with Crippen molar-refractivity contribution in [3.05, 3.63) is 40.9 Å². The summed E-state index contributed by atoms with van der Waals surface area (Å²) in [5, 5.41) is 9.46. The summed E-state index contributed by atoms with van der Waals surface area (Å²) in [4.78, 5) is 24.3. The third-order valence-electron chi connectivity index (χ3n) is 3.16. The number of nitrogens with zero attached hydrogens (tertiary/aromatic N) is 1. The molecule has 0 aliphatic carbocycles. The fourth-order valence-corrected chi connectivity index (χ4v) is 2.24. The molecule has 0 spiro atoms. The average Bonchev–Trinajstić information content (AvgIpc) is 2.87. The second-order valence-corrected chi connectivity index (χ2v) is 4.87. The van der Waals surface area contributed by atoms with Gasteiger partial charge in [0.2, 0.25) is 5.91 Å². The number of carboxylic acid groups (broad SMARTS) is 1. The molecule has 0 aromatic heterocycles. The molecule has 4 nitrogen and oxygen atoms in total. The number of rotatable bonds is 3. The number of carboxylic acids is 1. The normalized spacial score (nSPS) is 19.0. The third-order valence-corrected chi connectivity index (χ3v) is 3.50. The minimum atomic E-state index is -0.842. The first-order valence-electron chi connectivity index (χ1n) is 6.02. The lowest BCUT2D eigenvalue weighted by atomic mass is 10.1. The molecule has 1 aliphatic heterocycles. The number of benzene rings is 1. The lowest BCUT2D eigenvalue weighted by Crippen LogP contribution is -2.28. The number of hydrogen-bond acceptors (Lipinski definition) is 2. The van der Waals surface area contributed by atoms with E-state index in [1.54, 1.807) is 17.0 Å². The zero-order valence-corrected chi connectivity index (χ0v) is 11.0. The molecule has 0 saturated carbocycles. The maximum Gasteiger partial charge on any atom is 0.308 e. The maximum absolute atomic E-state index is 11.9. The molecule has 1 unspecified atom stereocenters. The zero-order valence-electron chi connectivity index (χ0n) is 10.3. The summed E-state index contributed by atoms with van der Waals surface area (Å²) in [5.74, 6) is -1.47. The Morgan fingerprint density at radius 1 is 1.37 bits per heavy atom. The fourth-order valence-electron chi connectivity index (χ4n) is 2.04. The highest BCUT2D eigenvalue weighted by atomic mass is 35.5. The number of likely N-dealkylation sites (tertiary alicyclic amines) is 1. The lowest BCUT2D eigenvalue weighted by molar-refractivity contribution is -0.141. The first kappa shape index (κ1) is 13.6. The van der Waals surface area contributed by atoms with E-state index in [0.717, 1.165) is 5.56 Å². The number of carbonyl (C=O) groups excluding carboxylic acids is 1. The van der Waals surface area contributed by atoms with Crippen LogP contribution in [0.1, 0.15) is 12.0 Å². The van der Waals surface area contributed by atoms with E-state index in [0.29, 0.717) is 18.0 Å². The minimum Gasteiger partial charge on any atom is -0.481 e. The van der Waals surface area contributed by atoms with Crippen LogP contribution in [0.3, 0.4) is 0 Å². The third kappa shape index (κ3) is 3.35. The van der Waals surface area contributed by atoms with Crippen LogP contribution in [0.15, 0.2) is 30.3 Å². The Kier molecular flexibility index (Phi) is 4.22. The van der Waals surface area contributed by atoms with Gasteiger partial charge in [-0.15, -0.1) is 0 Å². The summed E-state index contributed by atoms with van der Waals surface area (Å²) in [6.07, 6.45) is 3.60. The van der Waals surface area contributed by atoms with E-state index < -0.39 is 11.9 Å². The molecule has 5 heteroatoms. The summed E-state index contributed by atoms with van der Waals surface area (Å²) in [6.45, 7) is 0.768. The Bertz CT molecular complexity index is 527. The second-order valence-electron chi connectivity index (χ2n) is 4.46. The Labute approximate surface area is 116 Å². The molecule has 1 N–H and O–H groups in total. The topological polar surface area (TPSA) is 57.6 Å². The fraction of sp³-hybridized carbons (Fsp3) is 0.286. The zero-order chi connectivity index (χ0) is 13.8. The van der Waals surface area contributed by atoms with E-state index in [4.69, 9.17) is 16.7 Å². The van der Waals surface area contributed by atoms with E-state index in [-0.39, 0.29) is 12.5 Å². The van der Waals surface area contributed by atoms with Gasteiger partial charge in [-0.05, 0) is 24.1 Å². The lowest BCUT2D eigenvalue weighted by Gasteiger charge is -2.12. The quantitative estimate of drug-likeness (QED) is 0.864. The van der Waals surface area contributed by atoms with E-state index in [1.165, 1.54) is 6.08 Å². The molecule has 1 amide bonds. The van der Waals surface area contributed by atoms with Gasteiger partial charge in [0.25, 0.3) is 0 Å². The van der Waals surface area contributed by atoms with Gasteiger partial charge in [-0.25, -0.2) is 0 Å². The van der Waals surface area contributed by atoms with Crippen molar-refractivity contribution >= 4 is 29.6 Å². The van der Waals surface area contributed by atoms with Gasteiger partial charge < -0.3 is 10.0 Å². The molecule has 2 rings (SSSR count). The van der Waals surface area contributed by atoms with Crippen LogP contribution in [0.2, 0.25) is 5.02 Å². The first-order valence-corrected chi connectivity index (χ1v) is 6.40. The van der Waals surface area contributed by atoms with Crippen molar-refractivity contribution < 1.29 is 14.7 Å². The van der Waals surface area contributed by atoms with Gasteiger partial charge in [0.15, 0.2) is 0 Å². The maximum atomic E-state index is 11.9. The number of hydrogen-bond donors (Lipinski definition) is 1. The molecule has 0 bridgehead atoms. The van der Waals surface area contributed by atoms with Crippen LogP contribution >= 0.6 is 11.6 Å². The highest BCUT2D eigenvalue weighted by molar-refractivity contribution is 6.32. The molecule has 19 heavy (non-hydrogen) atoms. The largest absolute Gasteiger partial charge is 0.481 e. The number of aliphatic carboxylic acids is 1.